The number of hydrogen-bond acceptors (Lipinski definition) is 3. The minimum absolute atomic E-state index is 0.0549. The number of amides is 1. The molecule has 1 amide bonds. The average Bonchev–Trinajstić information content (AvgIpc) is 3.26. The van der Waals surface area contributed by atoms with Gasteiger partial charge in [0.1, 0.15) is 5.82 Å². The van der Waals surface area contributed by atoms with Crippen LogP contribution in [0.2, 0.25) is 0 Å². The maximum absolute atomic E-state index is 13.8. The van der Waals surface area contributed by atoms with Crippen LogP contribution in [0.1, 0.15) is 65.5 Å². The Morgan fingerprint density at radius 3 is 2.07 bits per heavy atom. The molecule has 1 N–H and O–H groups in total. The summed E-state index contributed by atoms with van der Waals surface area (Å²) in [4.78, 5) is 29.0. The van der Waals surface area contributed by atoms with Gasteiger partial charge in [0.05, 0.1) is 23.3 Å². The number of nitrogens with zero attached hydrogens (tertiary/aromatic N) is 1. The van der Waals surface area contributed by atoms with Crippen LogP contribution in [0.4, 0.5) is 30.7 Å². The highest BCUT2D eigenvalue weighted by Crippen LogP contribution is 2.46. The minimum atomic E-state index is -5.01. The molecule has 2 saturated heterocycles. The van der Waals surface area contributed by atoms with E-state index >= 15 is 0 Å². The number of ether oxygens (including phenoxy) is 1. The second-order valence-corrected chi connectivity index (χ2v) is 10.5. The SMILES string of the molecule is C[C@@H](O[C@H]1CN2C(=O)CC(c3ccc(=O)[nH]c3)CC2[C@@H]1c1ccc(F)cc1)c1cc(C(F)(F)F)cc(C(F)(F)F)c1. The summed E-state index contributed by atoms with van der Waals surface area (Å²) in [5.74, 6) is -1.50. The number of nitrogens with one attached hydrogen (secondary N) is 1. The van der Waals surface area contributed by atoms with Crippen LogP contribution in [0.25, 0.3) is 0 Å². The minimum Gasteiger partial charge on any atom is -0.368 e. The van der Waals surface area contributed by atoms with E-state index in [1.165, 1.54) is 37.3 Å². The number of aromatic amines is 1. The molecular formula is C29H25F7N2O3. The predicted molar refractivity (Wildman–Crippen MR) is 133 cm³/mol. The fraction of sp³-hybridized carbons (Fsp3) is 0.379. The zero-order chi connectivity index (χ0) is 29.7. The quantitative estimate of drug-likeness (QED) is 0.346. The lowest BCUT2D eigenvalue weighted by Gasteiger charge is -2.37. The van der Waals surface area contributed by atoms with Crippen LogP contribution in [-0.2, 0) is 21.9 Å². The van der Waals surface area contributed by atoms with Gasteiger partial charge in [-0.2, -0.15) is 26.3 Å². The Bertz CT molecular complexity index is 1430. The summed E-state index contributed by atoms with van der Waals surface area (Å²) in [5, 5.41) is 0. The van der Waals surface area contributed by atoms with E-state index in [4.69, 9.17) is 4.74 Å². The number of carbonyl (C=O) groups is 1. The summed E-state index contributed by atoms with van der Waals surface area (Å²) < 4.78 is 101. The van der Waals surface area contributed by atoms with Crippen LogP contribution in [0.15, 0.2) is 65.6 Å². The van der Waals surface area contributed by atoms with E-state index in [0.717, 1.165) is 5.56 Å². The molecular weight excluding hydrogens is 557 g/mol. The fourth-order valence-electron chi connectivity index (χ4n) is 5.88. The Morgan fingerprint density at radius 1 is 0.902 bits per heavy atom. The maximum atomic E-state index is 13.8. The van der Waals surface area contributed by atoms with Gasteiger partial charge in [0.25, 0.3) is 0 Å². The average molecular weight is 583 g/mol. The number of H-pyrrole nitrogens is 1. The fourth-order valence-corrected chi connectivity index (χ4v) is 5.88. The second kappa shape index (κ2) is 10.6. The van der Waals surface area contributed by atoms with Crippen LogP contribution in [0.3, 0.4) is 0 Å². The lowest BCUT2D eigenvalue weighted by Crippen LogP contribution is -2.43. The van der Waals surface area contributed by atoms with Crippen LogP contribution in [-0.4, -0.2) is 34.5 Å². The third-order valence-corrected chi connectivity index (χ3v) is 7.85. The molecule has 0 aliphatic carbocycles. The number of carbonyl (C=O) groups excluding carboxylic acids is 1. The van der Waals surface area contributed by atoms with Crippen LogP contribution >= 0.6 is 0 Å². The van der Waals surface area contributed by atoms with Crippen LogP contribution < -0.4 is 5.56 Å². The molecule has 5 rings (SSSR count). The Morgan fingerprint density at radius 2 is 1.51 bits per heavy atom. The number of hydrogen-bond donors (Lipinski definition) is 1. The van der Waals surface area contributed by atoms with E-state index in [0.29, 0.717) is 24.1 Å². The Balaban J connectivity index is 1.49. The molecule has 1 aromatic heterocycles. The Kier molecular flexibility index (Phi) is 7.47. The monoisotopic (exact) mass is 582 g/mol. The van der Waals surface area contributed by atoms with Crippen molar-refractivity contribution in [3.8, 4) is 0 Å². The molecule has 0 saturated carbocycles. The van der Waals surface area contributed by atoms with Gasteiger partial charge >= 0.3 is 12.4 Å². The van der Waals surface area contributed by atoms with Gasteiger partial charge in [-0.1, -0.05) is 18.2 Å². The number of piperidine rings is 1. The largest absolute Gasteiger partial charge is 0.416 e. The molecule has 12 heteroatoms. The van der Waals surface area contributed by atoms with Gasteiger partial charge in [-0.05, 0) is 66.3 Å². The number of alkyl halides is 6. The first-order chi connectivity index (χ1) is 19.2. The highest BCUT2D eigenvalue weighted by atomic mass is 19.4. The lowest BCUT2D eigenvalue weighted by molar-refractivity contribution is -0.143. The summed E-state index contributed by atoms with van der Waals surface area (Å²) in [6.07, 6.45) is -9.88. The molecule has 5 nitrogen and oxygen atoms in total. The normalized spacial score (nSPS) is 23.9. The number of rotatable bonds is 5. The molecule has 2 aliphatic rings. The van der Waals surface area contributed by atoms with Crippen molar-refractivity contribution >= 4 is 5.91 Å². The van der Waals surface area contributed by atoms with E-state index in [9.17, 15) is 40.3 Å². The number of pyridine rings is 1. The van der Waals surface area contributed by atoms with Gasteiger partial charge in [0, 0.05) is 37.2 Å². The molecule has 2 aliphatic heterocycles. The van der Waals surface area contributed by atoms with E-state index in [2.05, 4.69) is 4.98 Å². The van der Waals surface area contributed by atoms with Crippen molar-refractivity contribution in [1.82, 2.24) is 9.88 Å². The molecule has 2 unspecified atom stereocenters. The van der Waals surface area contributed by atoms with Crippen molar-refractivity contribution < 1.29 is 40.3 Å². The van der Waals surface area contributed by atoms with E-state index < -0.39 is 53.5 Å². The smallest absolute Gasteiger partial charge is 0.368 e. The molecule has 41 heavy (non-hydrogen) atoms. The van der Waals surface area contributed by atoms with E-state index in [1.807, 2.05) is 0 Å². The molecule has 0 bridgehead atoms. The van der Waals surface area contributed by atoms with Gasteiger partial charge in [-0.3, -0.25) is 9.59 Å². The molecule has 3 heterocycles. The van der Waals surface area contributed by atoms with Crippen molar-refractivity contribution in [1.29, 1.82) is 0 Å². The van der Waals surface area contributed by atoms with Gasteiger partial charge in [0.2, 0.25) is 11.5 Å². The first-order valence-electron chi connectivity index (χ1n) is 12.9. The zero-order valence-corrected chi connectivity index (χ0v) is 21.6. The highest BCUT2D eigenvalue weighted by molar-refractivity contribution is 5.79. The molecule has 2 fully saturated rings. The first kappa shape index (κ1) is 28.8. The standard InChI is InChI=1S/C29H25F7N2O3/c1-15(18-8-20(28(31,32)33)12-21(9-18)29(34,35)36)41-24-14-38-23(27(24)16-2-5-22(30)6-3-16)10-19(11-26(38)40)17-4-7-25(39)37-13-17/h2-9,12-13,15,19,23-24,27H,10-11,14H2,1H3,(H,37,39)/t15-,19?,23?,24+,27+/m1/s1. The van der Waals surface area contributed by atoms with Crippen molar-refractivity contribution in [2.24, 2.45) is 0 Å². The summed E-state index contributed by atoms with van der Waals surface area (Å²) in [6, 6.07) is 9.42. The number of benzene rings is 2. The molecule has 218 valence electrons. The lowest BCUT2D eigenvalue weighted by atomic mass is 9.79. The van der Waals surface area contributed by atoms with Crippen molar-refractivity contribution in [3.05, 3.63) is 105 Å². The van der Waals surface area contributed by atoms with Gasteiger partial charge in [-0.15, -0.1) is 0 Å². The van der Waals surface area contributed by atoms with Crippen molar-refractivity contribution in [2.45, 2.75) is 62.2 Å². The van der Waals surface area contributed by atoms with Crippen molar-refractivity contribution in [2.75, 3.05) is 6.54 Å². The molecule has 3 aromatic rings. The summed E-state index contributed by atoms with van der Waals surface area (Å²) in [7, 11) is 0. The third kappa shape index (κ3) is 6.02. The van der Waals surface area contributed by atoms with Gasteiger partial charge in [0.15, 0.2) is 0 Å². The summed E-state index contributed by atoms with van der Waals surface area (Å²) in [6.45, 7) is 1.42. The number of fused-ring (bicyclic) bond motifs is 1. The third-order valence-electron chi connectivity index (χ3n) is 7.85. The number of halogens is 7. The van der Waals surface area contributed by atoms with Gasteiger partial charge in [-0.25, -0.2) is 4.39 Å². The molecule has 2 aromatic carbocycles. The van der Waals surface area contributed by atoms with Gasteiger partial charge < -0.3 is 14.6 Å². The summed E-state index contributed by atoms with van der Waals surface area (Å²) in [5.41, 5.74) is -2.14. The zero-order valence-electron chi connectivity index (χ0n) is 21.6. The van der Waals surface area contributed by atoms with E-state index in [1.54, 1.807) is 17.2 Å². The molecule has 0 radical (unpaired) electrons. The Hall–Kier alpha value is -3.67. The summed E-state index contributed by atoms with van der Waals surface area (Å²) >= 11 is 0. The molecule has 5 atom stereocenters. The first-order valence-corrected chi connectivity index (χ1v) is 12.9. The number of aromatic nitrogens is 1. The van der Waals surface area contributed by atoms with E-state index in [-0.39, 0.29) is 42.0 Å². The second-order valence-electron chi connectivity index (χ2n) is 10.5. The Labute approximate surface area is 229 Å². The van der Waals surface area contributed by atoms with Crippen molar-refractivity contribution in [3.63, 3.8) is 0 Å². The van der Waals surface area contributed by atoms with Crippen LogP contribution in [0.5, 0.6) is 0 Å². The highest BCUT2D eigenvalue weighted by Gasteiger charge is 2.49. The topological polar surface area (TPSA) is 62.4 Å². The predicted octanol–water partition coefficient (Wildman–Crippen LogP) is 6.57. The molecule has 0 spiro atoms. The van der Waals surface area contributed by atoms with Crippen LogP contribution in [0, 0.1) is 5.82 Å². The maximum Gasteiger partial charge on any atom is 0.416 e.